The lowest BCUT2D eigenvalue weighted by atomic mass is 10.1. The van der Waals surface area contributed by atoms with Crippen molar-refractivity contribution in [1.82, 2.24) is 20.1 Å². The summed E-state index contributed by atoms with van der Waals surface area (Å²) in [6, 6.07) is 16.8. The quantitative estimate of drug-likeness (QED) is 0.461. The molecule has 0 radical (unpaired) electrons. The molecule has 2 aromatic carbocycles. The van der Waals surface area contributed by atoms with Crippen molar-refractivity contribution in [2.45, 2.75) is 13.0 Å². The Kier molecular flexibility index (Phi) is 5.86. The number of aromatic nitrogens is 3. The number of hydrogen-bond donors (Lipinski definition) is 1. The van der Waals surface area contributed by atoms with Crippen LogP contribution in [0.25, 0.3) is 10.9 Å². The summed E-state index contributed by atoms with van der Waals surface area (Å²) >= 11 is 6.15. The molecule has 1 amide bonds. The van der Waals surface area contributed by atoms with Gasteiger partial charge >= 0.3 is 0 Å². The number of carbonyl (C=O) groups excluding carboxylic acids is 2. The Morgan fingerprint density at radius 1 is 1.13 bits per heavy atom. The zero-order valence-corrected chi connectivity index (χ0v) is 16.8. The fourth-order valence-electron chi connectivity index (χ4n) is 3.33. The number of pyridine rings is 1. The fraction of sp³-hybridized carbons (Fsp3) is 0.130. The summed E-state index contributed by atoms with van der Waals surface area (Å²) in [6.07, 6.45) is 4.59. The molecular weight excluding hydrogens is 400 g/mol. The van der Waals surface area contributed by atoms with Crippen molar-refractivity contribution in [3.8, 4) is 0 Å². The molecule has 1 N–H and O–H groups in total. The van der Waals surface area contributed by atoms with Gasteiger partial charge in [-0.2, -0.15) is 5.10 Å². The van der Waals surface area contributed by atoms with Crippen molar-refractivity contribution in [2.75, 3.05) is 6.54 Å². The van der Waals surface area contributed by atoms with Gasteiger partial charge in [0.25, 0.3) is 5.91 Å². The summed E-state index contributed by atoms with van der Waals surface area (Å²) in [7, 11) is 0. The standard InChI is InChI=1S/C23H19ClN4O2/c24-20-8-9-25-21-13-17(6-7-19(20)21)23(30)26-10-11-28-22(18(15-29)14-27-28)12-16-4-2-1-3-5-16/h1-9,13-15H,10-12H2,(H,26,30). The third-order valence-electron chi connectivity index (χ3n) is 4.88. The number of nitrogens with zero attached hydrogens (tertiary/aromatic N) is 3. The molecule has 0 bridgehead atoms. The topological polar surface area (TPSA) is 76.9 Å². The molecule has 0 unspecified atom stereocenters. The SMILES string of the molecule is O=Cc1cnn(CCNC(=O)c2ccc3c(Cl)ccnc3c2)c1Cc1ccccc1. The van der Waals surface area contributed by atoms with Gasteiger partial charge in [0.1, 0.15) is 0 Å². The van der Waals surface area contributed by atoms with Gasteiger partial charge in [0, 0.05) is 30.1 Å². The molecule has 0 atom stereocenters. The molecule has 0 spiro atoms. The fourth-order valence-corrected chi connectivity index (χ4v) is 3.55. The van der Waals surface area contributed by atoms with Crippen LogP contribution in [0.1, 0.15) is 32.0 Å². The number of amides is 1. The van der Waals surface area contributed by atoms with Crippen molar-refractivity contribution in [3.63, 3.8) is 0 Å². The summed E-state index contributed by atoms with van der Waals surface area (Å²) in [5.41, 5.74) is 3.66. The Hall–Kier alpha value is -3.51. The third-order valence-corrected chi connectivity index (χ3v) is 5.21. The van der Waals surface area contributed by atoms with E-state index >= 15 is 0 Å². The Labute approximate surface area is 178 Å². The van der Waals surface area contributed by atoms with E-state index in [9.17, 15) is 9.59 Å². The van der Waals surface area contributed by atoms with Crippen LogP contribution in [0.4, 0.5) is 0 Å². The van der Waals surface area contributed by atoms with Crippen LogP contribution >= 0.6 is 11.6 Å². The summed E-state index contributed by atoms with van der Waals surface area (Å²) in [5.74, 6) is -0.203. The van der Waals surface area contributed by atoms with Crippen molar-refractivity contribution >= 4 is 34.7 Å². The maximum absolute atomic E-state index is 12.5. The minimum atomic E-state index is -0.203. The van der Waals surface area contributed by atoms with Crippen LogP contribution < -0.4 is 5.32 Å². The van der Waals surface area contributed by atoms with Gasteiger partial charge in [-0.3, -0.25) is 19.3 Å². The maximum Gasteiger partial charge on any atom is 0.251 e. The molecule has 0 aliphatic heterocycles. The van der Waals surface area contributed by atoms with Crippen LogP contribution in [0.5, 0.6) is 0 Å². The number of halogens is 1. The monoisotopic (exact) mass is 418 g/mol. The molecule has 30 heavy (non-hydrogen) atoms. The van der Waals surface area contributed by atoms with E-state index in [1.165, 1.54) is 0 Å². The molecule has 2 aromatic heterocycles. The average Bonchev–Trinajstić information content (AvgIpc) is 3.15. The van der Waals surface area contributed by atoms with E-state index in [-0.39, 0.29) is 5.91 Å². The Bertz CT molecular complexity index is 1200. The van der Waals surface area contributed by atoms with Crippen LogP contribution in [-0.2, 0) is 13.0 Å². The minimum Gasteiger partial charge on any atom is -0.350 e. The van der Waals surface area contributed by atoms with Gasteiger partial charge in [-0.15, -0.1) is 0 Å². The highest BCUT2D eigenvalue weighted by Gasteiger charge is 2.12. The molecule has 7 heteroatoms. The van der Waals surface area contributed by atoms with Gasteiger partial charge in [0.15, 0.2) is 6.29 Å². The van der Waals surface area contributed by atoms with Gasteiger partial charge in [0.2, 0.25) is 0 Å². The zero-order valence-electron chi connectivity index (χ0n) is 16.1. The first kappa shape index (κ1) is 19.8. The number of rotatable bonds is 7. The van der Waals surface area contributed by atoms with Crippen molar-refractivity contribution < 1.29 is 9.59 Å². The number of benzene rings is 2. The molecular formula is C23H19ClN4O2. The Morgan fingerprint density at radius 2 is 1.97 bits per heavy atom. The van der Waals surface area contributed by atoms with E-state index in [4.69, 9.17) is 11.6 Å². The first-order chi connectivity index (χ1) is 14.7. The van der Waals surface area contributed by atoms with E-state index in [0.717, 1.165) is 22.9 Å². The van der Waals surface area contributed by atoms with Gasteiger partial charge in [-0.05, 0) is 23.8 Å². The van der Waals surface area contributed by atoms with Crippen molar-refractivity contribution in [1.29, 1.82) is 0 Å². The third kappa shape index (κ3) is 4.23. The first-order valence-electron chi connectivity index (χ1n) is 9.52. The minimum absolute atomic E-state index is 0.203. The molecule has 0 aliphatic carbocycles. The largest absolute Gasteiger partial charge is 0.350 e. The van der Waals surface area contributed by atoms with E-state index in [2.05, 4.69) is 15.4 Å². The second-order valence-electron chi connectivity index (χ2n) is 6.83. The lowest BCUT2D eigenvalue weighted by molar-refractivity contribution is 0.0951. The highest BCUT2D eigenvalue weighted by Crippen LogP contribution is 2.22. The molecule has 0 fully saturated rings. The van der Waals surface area contributed by atoms with Crippen LogP contribution in [-0.4, -0.2) is 33.5 Å². The summed E-state index contributed by atoms with van der Waals surface area (Å²) in [6.45, 7) is 0.834. The summed E-state index contributed by atoms with van der Waals surface area (Å²) in [4.78, 5) is 28.2. The number of nitrogens with one attached hydrogen (secondary N) is 1. The van der Waals surface area contributed by atoms with E-state index in [1.54, 1.807) is 41.3 Å². The Morgan fingerprint density at radius 3 is 2.77 bits per heavy atom. The highest BCUT2D eigenvalue weighted by atomic mass is 35.5. The summed E-state index contributed by atoms with van der Waals surface area (Å²) < 4.78 is 1.76. The predicted molar refractivity (Wildman–Crippen MR) is 116 cm³/mol. The van der Waals surface area contributed by atoms with E-state index in [1.807, 2.05) is 30.3 Å². The zero-order chi connectivity index (χ0) is 20.9. The van der Waals surface area contributed by atoms with Crippen molar-refractivity contribution in [2.24, 2.45) is 0 Å². The Balaban J connectivity index is 1.43. The molecule has 4 rings (SSSR count). The summed E-state index contributed by atoms with van der Waals surface area (Å²) in [5, 5.41) is 8.61. The lowest BCUT2D eigenvalue weighted by Crippen LogP contribution is -2.28. The molecule has 4 aromatic rings. The first-order valence-corrected chi connectivity index (χ1v) is 9.90. The van der Waals surface area contributed by atoms with Crippen LogP contribution in [0.15, 0.2) is 67.0 Å². The molecule has 150 valence electrons. The van der Waals surface area contributed by atoms with Crippen LogP contribution in [0.3, 0.4) is 0 Å². The average molecular weight is 419 g/mol. The molecule has 0 saturated carbocycles. The smallest absolute Gasteiger partial charge is 0.251 e. The number of aldehydes is 1. The molecule has 0 saturated heterocycles. The normalized spacial score (nSPS) is 10.8. The molecule has 6 nitrogen and oxygen atoms in total. The molecule has 0 aliphatic rings. The highest BCUT2D eigenvalue weighted by molar-refractivity contribution is 6.35. The van der Waals surface area contributed by atoms with Gasteiger partial charge in [-0.25, -0.2) is 0 Å². The second-order valence-corrected chi connectivity index (χ2v) is 7.24. The number of carbonyl (C=O) groups is 2. The van der Waals surface area contributed by atoms with Gasteiger partial charge in [0.05, 0.1) is 34.5 Å². The van der Waals surface area contributed by atoms with E-state index < -0.39 is 0 Å². The van der Waals surface area contributed by atoms with Crippen LogP contribution in [0.2, 0.25) is 5.02 Å². The van der Waals surface area contributed by atoms with Gasteiger partial charge in [-0.1, -0.05) is 48.0 Å². The van der Waals surface area contributed by atoms with Crippen LogP contribution in [0, 0.1) is 0 Å². The maximum atomic E-state index is 12.5. The second kappa shape index (κ2) is 8.88. The molecule has 2 heterocycles. The lowest BCUT2D eigenvalue weighted by Gasteiger charge is -2.10. The van der Waals surface area contributed by atoms with E-state index in [0.29, 0.717) is 41.2 Å². The van der Waals surface area contributed by atoms with Crippen molar-refractivity contribution in [3.05, 3.63) is 94.4 Å². The predicted octanol–water partition coefficient (Wildman–Crippen LogP) is 3.92. The number of hydrogen-bond acceptors (Lipinski definition) is 4. The van der Waals surface area contributed by atoms with Gasteiger partial charge < -0.3 is 5.32 Å². The number of fused-ring (bicyclic) bond motifs is 1.